The molecule has 1 unspecified atom stereocenters. The minimum atomic E-state index is -0.0663. The Morgan fingerprint density at radius 2 is 1.65 bits per heavy atom. The van der Waals surface area contributed by atoms with Crippen LogP contribution in [0, 0.1) is 11.3 Å². The first-order valence-electron chi connectivity index (χ1n) is 8.18. The molecule has 0 N–H and O–H groups in total. The van der Waals surface area contributed by atoms with Gasteiger partial charge in [0.05, 0.1) is 18.6 Å². The smallest absolute Gasteiger partial charge is 0.119 e. The fourth-order valence-corrected chi connectivity index (χ4v) is 2.52. The second-order valence-corrected chi connectivity index (χ2v) is 6.86. The lowest BCUT2D eigenvalue weighted by Crippen LogP contribution is -2.11. The Labute approximate surface area is 139 Å². The zero-order valence-corrected chi connectivity index (χ0v) is 14.3. The molecule has 1 atom stereocenters. The molecule has 0 aliphatic carbocycles. The minimum Gasteiger partial charge on any atom is -0.494 e. The van der Waals surface area contributed by atoms with E-state index in [1.54, 1.807) is 0 Å². The van der Waals surface area contributed by atoms with Gasteiger partial charge in [-0.05, 0) is 41.5 Å². The van der Waals surface area contributed by atoms with E-state index in [9.17, 15) is 5.26 Å². The average molecular weight is 307 g/mol. The Hall–Kier alpha value is -2.27. The van der Waals surface area contributed by atoms with Crippen molar-refractivity contribution in [3.05, 3.63) is 65.7 Å². The quantitative estimate of drug-likeness (QED) is 0.665. The topological polar surface area (TPSA) is 33.0 Å². The van der Waals surface area contributed by atoms with Crippen LogP contribution in [0.3, 0.4) is 0 Å². The van der Waals surface area contributed by atoms with E-state index >= 15 is 0 Å². The molecule has 2 nitrogen and oxygen atoms in total. The van der Waals surface area contributed by atoms with Gasteiger partial charge in [-0.2, -0.15) is 5.26 Å². The molecule has 0 spiro atoms. The number of ether oxygens (including phenoxy) is 1. The molecule has 0 aliphatic rings. The molecule has 0 heterocycles. The lowest BCUT2D eigenvalue weighted by Gasteiger charge is -2.20. The SMILES string of the molecule is CC(C)(C)c1ccc(C(C#N)CCCOc2ccccc2)cc1. The average Bonchev–Trinajstić information content (AvgIpc) is 2.55. The summed E-state index contributed by atoms with van der Waals surface area (Å²) in [6.07, 6.45) is 1.69. The molecule has 2 aromatic rings. The fourth-order valence-electron chi connectivity index (χ4n) is 2.52. The molecule has 0 bridgehead atoms. The Kier molecular flexibility index (Phi) is 5.82. The lowest BCUT2D eigenvalue weighted by molar-refractivity contribution is 0.305. The standard InChI is InChI=1S/C21H25NO/c1-21(2,3)19-13-11-17(12-14-19)18(16-22)8-7-15-23-20-9-5-4-6-10-20/h4-6,9-14,18H,7-8,15H2,1-3H3. The van der Waals surface area contributed by atoms with Gasteiger partial charge in [-0.15, -0.1) is 0 Å². The highest BCUT2D eigenvalue weighted by Crippen LogP contribution is 2.26. The van der Waals surface area contributed by atoms with Crippen LogP contribution < -0.4 is 4.74 Å². The molecule has 0 saturated heterocycles. The van der Waals surface area contributed by atoms with Gasteiger partial charge in [-0.25, -0.2) is 0 Å². The molecule has 2 heteroatoms. The van der Waals surface area contributed by atoms with Gasteiger partial charge in [0.2, 0.25) is 0 Å². The summed E-state index contributed by atoms with van der Waals surface area (Å²) in [7, 11) is 0. The van der Waals surface area contributed by atoms with Crippen molar-refractivity contribution in [1.82, 2.24) is 0 Å². The Bertz CT molecular complexity index is 632. The van der Waals surface area contributed by atoms with Crippen molar-refractivity contribution in [2.24, 2.45) is 0 Å². The van der Waals surface area contributed by atoms with E-state index in [-0.39, 0.29) is 11.3 Å². The number of nitriles is 1. The van der Waals surface area contributed by atoms with Crippen molar-refractivity contribution in [1.29, 1.82) is 5.26 Å². The molecule has 0 saturated carbocycles. The summed E-state index contributed by atoms with van der Waals surface area (Å²) >= 11 is 0. The number of hydrogen-bond donors (Lipinski definition) is 0. The molecule has 2 rings (SSSR count). The summed E-state index contributed by atoms with van der Waals surface area (Å²) in [6, 6.07) is 20.7. The molecule has 23 heavy (non-hydrogen) atoms. The maximum absolute atomic E-state index is 9.43. The minimum absolute atomic E-state index is 0.0663. The first-order valence-corrected chi connectivity index (χ1v) is 8.18. The number of rotatable bonds is 6. The first-order chi connectivity index (χ1) is 11.0. The summed E-state index contributed by atoms with van der Waals surface area (Å²) < 4.78 is 5.69. The zero-order chi connectivity index (χ0) is 16.7. The van der Waals surface area contributed by atoms with Crippen LogP contribution in [0.2, 0.25) is 0 Å². The highest BCUT2D eigenvalue weighted by atomic mass is 16.5. The van der Waals surface area contributed by atoms with Crippen LogP contribution in [0.5, 0.6) is 5.75 Å². The van der Waals surface area contributed by atoms with Crippen LogP contribution in [0.25, 0.3) is 0 Å². The summed E-state index contributed by atoms with van der Waals surface area (Å²) in [5.74, 6) is 0.818. The third-order valence-electron chi connectivity index (χ3n) is 3.98. The summed E-state index contributed by atoms with van der Waals surface area (Å²) in [5.41, 5.74) is 2.54. The van der Waals surface area contributed by atoms with Gasteiger partial charge in [0.1, 0.15) is 5.75 Å². The van der Waals surface area contributed by atoms with E-state index in [2.05, 4.69) is 51.1 Å². The van der Waals surface area contributed by atoms with Crippen LogP contribution >= 0.6 is 0 Å². The Balaban J connectivity index is 1.87. The highest BCUT2D eigenvalue weighted by Gasteiger charge is 2.15. The molecular formula is C21H25NO. The molecule has 0 fully saturated rings. The van der Waals surface area contributed by atoms with Crippen molar-refractivity contribution in [3.8, 4) is 11.8 Å². The van der Waals surface area contributed by atoms with Gasteiger partial charge < -0.3 is 4.74 Å². The maximum Gasteiger partial charge on any atom is 0.119 e. The highest BCUT2D eigenvalue weighted by molar-refractivity contribution is 5.31. The van der Waals surface area contributed by atoms with Crippen LogP contribution in [0.1, 0.15) is 50.7 Å². The largest absolute Gasteiger partial charge is 0.494 e. The Morgan fingerprint density at radius 3 is 2.22 bits per heavy atom. The predicted octanol–water partition coefficient (Wildman–Crippen LogP) is 5.45. The molecular weight excluding hydrogens is 282 g/mol. The van der Waals surface area contributed by atoms with Crippen LogP contribution in [0.4, 0.5) is 0 Å². The van der Waals surface area contributed by atoms with Crippen molar-refractivity contribution in [2.75, 3.05) is 6.61 Å². The number of benzene rings is 2. The summed E-state index contributed by atoms with van der Waals surface area (Å²) in [6.45, 7) is 7.24. The molecule has 120 valence electrons. The van der Waals surface area contributed by atoms with Gasteiger partial charge in [-0.1, -0.05) is 63.2 Å². The number of hydrogen-bond acceptors (Lipinski definition) is 2. The number of nitrogens with zero attached hydrogens (tertiary/aromatic N) is 1. The fraction of sp³-hybridized carbons (Fsp3) is 0.381. The molecule has 0 aliphatic heterocycles. The van der Waals surface area contributed by atoms with Gasteiger partial charge in [-0.3, -0.25) is 0 Å². The Morgan fingerprint density at radius 1 is 1.00 bits per heavy atom. The maximum atomic E-state index is 9.43. The van der Waals surface area contributed by atoms with E-state index in [0.717, 1.165) is 24.2 Å². The molecule has 2 aromatic carbocycles. The van der Waals surface area contributed by atoms with Gasteiger partial charge in [0, 0.05) is 0 Å². The van der Waals surface area contributed by atoms with Crippen LogP contribution in [-0.4, -0.2) is 6.61 Å². The molecule has 0 amide bonds. The molecule has 0 aromatic heterocycles. The second-order valence-electron chi connectivity index (χ2n) is 6.86. The predicted molar refractivity (Wildman–Crippen MR) is 94.7 cm³/mol. The monoisotopic (exact) mass is 307 g/mol. The van der Waals surface area contributed by atoms with E-state index in [4.69, 9.17) is 4.74 Å². The van der Waals surface area contributed by atoms with Crippen LogP contribution in [0.15, 0.2) is 54.6 Å². The normalized spacial score (nSPS) is 12.4. The van der Waals surface area contributed by atoms with E-state index < -0.39 is 0 Å². The van der Waals surface area contributed by atoms with Crippen molar-refractivity contribution in [2.45, 2.75) is 44.9 Å². The van der Waals surface area contributed by atoms with Gasteiger partial charge in [0.15, 0.2) is 0 Å². The second kappa shape index (κ2) is 7.83. The van der Waals surface area contributed by atoms with E-state index in [1.165, 1.54) is 5.56 Å². The van der Waals surface area contributed by atoms with Crippen molar-refractivity contribution < 1.29 is 4.74 Å². The van der Waals surface area contributed by atoms with Crippen molar-refractivity contribution in [3.63, 3.8) is 0 Å². The van der Waals surface area contributed by atoms with E-state index in [0.29, 0.717) is 6.61 Å². The van der Waals surface area contributed by atoms with Gasteiger partial charge >= 0.3 is 0 Å². The molecule has 0 radical (unpaired) electrons. The van der Waals surface area contributed by atoms with Crippen molar-refractivity contribution >= 4 is 0 Å². The summed E-state index contributed by atoms with van der Waals surface area (Å²) in [5, 5.41) is 9.43. The third kappa shape index (κ3) is 5.14. The zero-order valence-electron chi connectivity index (χ0n) is 14.3. The van der Waals surface area contributed by atoms with Gasteiger partial charge in [0.25, 0.3) is 0 Å². The first kappa shape index (κ1) is 17.1. The summed E-state index contributed by atoms with van der Waals surface area (Å²) in [4.78, 5) is 0. The third-order valence-corrected chi connectivity index (χ3v) is 3.98. The van der Waals surface area contributed by atoms with Crippen LogP contribution in [-0.2, 0) is 5.41 Å². The number of para-hydroxylation sites is 1. The van der Waals surface area contributed by atoms with E-state index in [1.807, 2.05) is 30.3 Å². The lowest BCUT2D eigenvalue weighted by atomic mass is 9.85.